The minimum Gasteiger partial charge on any atom is -0.497 e. The van der Waals surface area contributed by atoms with E-state index < -0.39 is 0 Å². The summed E-state index contributed by atoms with van der Waals surface area (Å²) in [6, 6.07) is 7.80. The smallest absolute Gasteiger partial charge is 0.132 e. The molecule has 1 atom stereocenters. The second-order valence-corrected chi connectivity index (χ2v) is 3.79. The van der Waals surface area contributed by atoms with Crippen LogP contribution in [0.4, 0.5) is 0 Å². The van der Waals surface area contributed by atoms with E-state index in [0.29, 0.717) is 0 Å². The molecule has 0 aromatic heterocycles. The van der Waals surface area contributed by atoms with Crippen LogP contribution in [0.1, 0.15) is 11.7 Å². The minimum absolute atomic E-state index is 0.0560. The number of rotatable bonds is 2. The molecule has 0 aliphatic carbocycles. The lowest BCUT2D eigenvalue weighted by Gasteiger charge is -2.08. The van der Waals surface area contributed by atoms with Crippen molar-refractivity contribution in [1.82, 2.24) is 5.48 Å². The zero-order chi connectivity index (χ0) is 9.97. The van der Waals surface area contributed by atoms with Crippen molar-refractivity contribution < 1.29 is 9.57 Å². The maximum Gasteiger partial charge on any atom is 0.132 e. The number of nitrogens with one attached hydrogen (secondary N) is 1. The van der Waals surface area contributed by atoms with Crippen molar-refractivity contribution >= 4 is 15.9 Å². The van der Waals surface area contributed by atoms with Crippen molar-refractivity contribution in [3.05, 3.63) is 40.5 Å². The number of methoxy groups -OCH3 is 1. The van der Waals surface area contributed by atoms with Crippen LogP contribution in [0.15, 0.2) is 34.9 Å². The van der Waals surface area contributed by atoms with Gasteiger partial charge in [-0.3, -0.25) is 10.3 Å². The molecule has 0 fully saturated rings. The normalized spacial score (nSPS) is 20.1. The molecule has 0 amide bonds. The van der Waals surface area contributed by atoms with Crippen molar-refractivity contribution in [2.45, 2.75) is 6.10 Å². The molecule has 74 valence electrons. The molecule has 1 heterocycles. The van der Waals surface area contributed by atoms with Gasteiger partial charge in [0.2, 0.25) is 0 Å². The Kier molecular flexibility index (Phi) is 2.74. The average molecular weight is 256 g/mol. The van der Waals surface area contributed by atoms with E-state index in [9.17, 15) is 0 Å². The van der Waals surface area contributed by atoms with Gasteiger partial charge in [-0.05, 0) is 39.7 Å². The molecule has 0 unspecified atom stereocenters. The second-order valence-electron chi connectivity index (χ2n) is 2.93. The molecule has 0 bridgehead atoms. The van der Waals surface area contributed by atoms with E-state index in [2.05, 4.69) is 21.4 Å². The highest BCUT2D eigenvalue weighted by Crippen LogP contribution is 2.27. The summed E-state index contributed by atoms with van der Waals surface area (Å²) in [6.45, 7) is 0. The molecular formula is C10H10BrNO2. The number of hydrogen-bond acceptors (Lipinski definition) is 3. The van der Waals surface area contributed by atoms with Gasteiger partial charge in [0.1, 0.15) is 16.5 Å². The molecule has 3 nitrogen and oxygen atoms in total. The summed E-state index contributed by atoms with van der Waals surface area (Å²) in [5.74, 6) is 0.836. The summed E-state index contributed by atoms with van der Waals surface area (Å²) in [7, 11) is 1.65. The van der Waals surface area contributed by atoms with Crippen LogP contribution < -0.4 is 10.2 Å². The fourth-order valence-electron chi connectivity index (χ4n) is 1.30. The molecule has 4 heteroatoms. The van der Waals surface area contributed by atoms with Gasteiger partial charge in [0.05, 0.1) is 7.11 Å². The zero-order valence-electron chi connectivity index (χ0n) is 7.66. The van der Waals surface area contributed by atoms with Crippen LogP contribution in [0.5, 0.6) is 5.75 Å². The molecule has 0 saturated carbocycles. The van der Waals surface area contributed by atoms with Gasteiger partial charge in [0.25, 0.3) is 0 Å². The molecule has 1 aliphatic heterocycles. The first-order chi connectivity index (χ1) is 6.79. The van der Waals surface area contributed by atoms with Gasteiger partial charge >= 0.3 is 0 Å². The third-order valence-corrected chi connectivity index (χ3v) is 2.43. The van der Waals surface area contributed by atoms with Crippen molar-refractivity contribution in [2.75, 3.05) is 7.11 Å². The Bertz CT molecular complexity index is 365. The van der Waals surface area contributed by atoms with Gasteiger partial charge in [-0.1, -0.05) is 12.1 Å². The fraction of sp³-hybridized carbons (Fsp3) is 0.200. The Labute approximate surface area is 90.8 Å². The molecule has 2 rings (SSSR count). The minimum atomic E-state index is -0.0560. The predicted octanol–water partition coefficient (Wildman–Crippen LogP) is 2.51. The quantitative estimate of drug-likeness (QED) is 0.824. The number of halogens is 1. The van der Waals surface area contributed by atoms with Crippen LogP contribution >= 0.6 is 15.9 Å². The average Bonchev–Trinajstić information content (AvgIpc) is 2.65. The zero-order valence-corrected chi connectivity index (χ0v) is 9.24. The van der Waals surface area contributed by atoms with E-state index in [1.54, 1.807) is 7.11 Å². The Morgan fingerprint density at radius 1 is 1.50 bits per heavy atom. The summed E-state index contributed by atoms with van der Waals surface area (Å²) in [5.41, 5.74) is 3.80. The van der Waals surface area contributed by atoms with Crippen LogP contribution in [0, 0.1) is 0 Å². The van der Waals surface area contributed by atoms with Gasteiger partial charge in [-0.2, -0.15) is 0 Å². The molecule has 1 aromatic rings. The standard InChI is InChI=1S/C10H10BrNO2/c1-13-8-4-2-3-7(5-8)9-6-10(11)12-14-9/h2-6,9,12H,1H3/t9-/m0/s1. The summed E-state index contributed by atoms with van der Waals surface area (Å²) in [6.07, 6.45) is 1.90. The number of ether oxygens (including phenoxy) is 1. The Morgan fingerprint density at radius 2 is 2.36 bits per heavy atom. The molecule has 1 aliphatic rings. The van der Waals surface area contributed by atoms with E-state index in [0.717, 1.165) is 15.9 Å². The highest BCUT2D eigenvalue weighted by molar-refractivity contribution is 9.11. The largest absolute Gasteiger partial charge is 0.497 e. The third-order valence-electron chi connectivity index (χ3n) is 2.00. The molecule has 1 aromatic carbocycles. The highest BCUT2D eigenvalue weighted by Gasteiger charge is 2.16. The summed E-state index contributed by atoms with van der Waals surface area (Å²) in [5, 5.41) is 0. The van der Waals surface area contributed by atoms with Crippen molar-refractivity contribution in [3.8, 4) is 5.75 Å². The van der Waals surface area contributed by atoms with Crippen LogP contribution in [0.3, 0.4) is 0 Å². The van der Waals surface area contributed by atoms with E-state index >= 15 is 0 Å². The summed E-state index contributed by atoms with van der Waals surface area (Å²) in [4.78, 5) is 5.31. The first-order valence-electron chi connectivity index (χ1n) is 4.22. The SMILES string of the molecule is COc1cccc([C@@H]2C=C(Br)NO2)c1. The number of hydroxylamine groups is 1. The van der Waals surface area contributed by atoms with Crippen LogP contribution in [-0.2, 0) is 4.84 Å². The molecular weight excluding hydrogens is 246 g/mol. The van der Waals surface area contributed by atoms with Gasteiger partial charge in [0, 0.05) is 0 Å². The van der Waals surface area contributed by atoms with Crippen molar-refractivity contribution in [3.63, 3.8) is 0 Å². The Hall–Kier alpha value is -1.00. The van der Waals surface area contributed by atoms with E-state index in [1.165, 1.54) is 0 Å². The molecule has 0 saturated heterocycles. The monoisotopic (exact) mass is 255 g/mol. The maximum atomic E-state index is 5.31. The van der Waals surface area contributed by atoms with Crippen molar-refractivity contribution in [2.24, 2.45) is 0 Å². The molecule has 0 spiro atoms. The lowest BCUT2D eigenvalue weighted by atomic mass is 10.1. The Balaban J connectivity index is 2.24. The number of hydrogen-bond donors (Lipinski definition) is 1. The fourth-order valence-corrected chi connectivity index (χ4v) is 1.64. The second kappa shape index (κ2) is 4.02. The first-order valence-corrected chi connectivity index (χ1v) is 5.02. The Morgan fingerprint density at radius 3 is 3.00 bits per heavy atom. The molecule has 14 heavy (non-hydrogen) atoms. The third kappa shape index (κ3) is 1.91. The summed E-state index contributed by atoms with van der Waals surface area (Å²) < 4.78 is 5.99. The van der Waals surface area contributed by atoms with Gasteiger partial charge in [-0.15, -0.1) is 0 Å². The van der Waals surface area contributed by atoms with Crippen LogP contribution in [0.25, 0.3) is 0 Å². The highest BCUT2D eigenvalue weighted by atomic mass is 79.9. The van der Waals surface area contributed by atoms with Gasteiger partial charge in [-0.25, -0.2) is 0 Å². The van der Waals surface area contributed by atoms with E-state index in [1.807, 2.05) is 30.3 Å². The lowest BCUT2D eigenvalue weighted by molar-refractivity contribution is 0.0457. The number of benzene rings is 1. The van der Waals surface area contributed by atoms with Crippen molar-refractivity contribution in [1.29, 1.82) is 0 Å². The molecule has 1 N–H and O–H groups in total. The van der Waals surface area contributed by atoms with Crippen LogP contribution in [0.2, 0.25) is 0 Å². The molecule has 0 radical (unpaired) electrons. The van der Waals surface area contributed by atoms with Gasteiger partial charge < -0.3 is 4.74 Å². The van der Waals surface area contributed by atoms with Crippen LogP contribution in [-0.4, -0.2) is 7.11 Å². The van der Waals surface area contributed by atoms with E-state index in [-0.39, 0.29) is 6.10 Å². The lowest BCUT2D eigenvalue weighted by Crippen LogP contribution is -2.05. The first kappa shape index (κ1) is 9.55. The predicted molar refractivity (Wildman–Crippen MR) is 57.0 cm³/mol. The topological polar surface area (TPSA) is 30.5 Å². The van der Waals surface area contributed by atoms with Gasteiger partial charge in [0.15, 0.2) is 0 Å². The van der Waals surface area contributed by atoms with E-state index in [4.69, 9.17) is 9.57 Å². The maximum absolute atomic E-state index is 5.31. The summed E-state index contributed by atoms with van der Waals surface area (Å²) >= 11 is 3.31.